The van der Waals surface area contributed by atoms with Gasteiger partial charge in [0, 0.05) is 19.0 Å². The third-order valence-electron chi connectivity index (χ3n) is 3.30. The van der Waals surface area contributed by atoms with E-state index in [1.54, 1.807) is 0 Å². The van der Waals surface area contributed by atoms with Crippen molar-refractivity contribution < 1.29 is 24.2 Å². The van der Waals surface area contributed by atoms with E-state index in [0.717, 1.165) is 6.07 Å². The predicted octanol–water partition coefficient (Wildman–Crippen LogP) is 2.54. The number of hydrogen-bond acceptors (Lipinski definition) is 3. The van der Waals surface area contributed by atoms with Gasteiger partial charge in [0.1, 0.15) is 11.6 Å². The van der Waals surface area contributed by atoms with Crippen LogP contribution in [-0.4, -0.2) is 28.6 Å². The SMILES string of the molecule is CC(C)(CCNC(=O)c1ccc(O)cc1F)CCC(=O)O. The molecule has 1 aromatic rings. The first kappa shape index (κ1) is 16.9. The quantitative estimate of drug-likeness (QED) is 0.722. The van der Waals surface area contributed by atoms with Crippen LogP contribution in [0.3, 0.4) is 0 Å². The molecule has 21 heavy (non-hydrogen) atoms. The first-order valence-electron chi connectivity index (χ1n) is 6.70. The molecule has 0 aliphatic rings. The standard InChI is InChI=1S/C15H20FNO4/c1-15(2,6-5-13(19)20)7-8-17-14(21)11-4-3-10(18)9-12(11)16/h3-4,9,18H,5-8H2,1-2H3,(H,17,21)(H,19,20). The van der Waals surface area contributed by atoms with E-state index in [1.807, 2.05) is 13.8 Å². The van der Waals surface area contributed by atoms with Crippen LogP contribution >= 0.6 is 0 Å². The minimum atomic E-state index is -0.849. The zero-order chi connectivity index (χ0) is 16.0. The van der Waals surface area contributed by atoms with E-state index < -0.39 is 17.7 Å². The number of hydrogen-bond donors (Lipinski definition) is 3. The number of carboxylic acids is 1. The van der Waals surface area contributed by atoms with E-state index >= 15 is 0 Å². The summed E-state index contributed by atoms with van der Waals surface area (Å²) in [6.45, 7) is 4.16. The topological polar surface area (TPSA) is 86.6 Å². The highest BCUT2D eigenvalue weighted by atomic mass is 19.1. The van der Waals surface area contributed by atoms with Gasteiger partial charge >= 0.3 is 5.97 Å². The van der Waals surface area contributed by atoms with Crippen LogP contribution < -0.4 is 5.32 Å². The van der Waals surface area contributed by atoms with Gasteiger partial charge in [-0.3, -0.25) is 9.59 Å². The lowest BCUT2D eigenvalue weighted by molar-refractivity contribution is -0.137. The number of amides is 1. The van der Waals surface area contributed by atoms with Gasteiger partial charge in [0.05, 0.1) is 5.56 Å². The van der Waals surface area contributed by atoms with Crippen LogP contribution in [0.4, 0.5) is 4.39 Å². The Labute approximate surface area is 122 Å². The van der Waals surface area contributed by atoms with Gasteiger partial charge in [-0.05, 0) is 30.4 Å². The van der Waals surface area contributed by atoms with Crippen LogP contribution in [0.1, 0.15) is 43.5 Å². The van der Waals surface area contributed by atoms with Gasteiger partial charge in [-0.1, -0.05) is 13.8 Å². The van der Waals surface area contributed by atoms with E-state index in [9.17, 15) is 14.0 Å². The molecule has 0 unspecified atom stereocenters. The second kappa shape index (κ2) is 7.06. The molecule has 1 rings (SSSR count). The average Bonchev–Trinajstić information content (AvgIpc) is 2.36. The maximum absolute atomic E-state index is 13.5. The minimum Gasteiger partial charge on any atom is -0.508 e. The summed E-state index contributed by atoms with van der Waals surface area (Å²) in [6.07, 6.45) is 1.17. The molecule has 0 bridgehead atoms. The van der Waals surface area contributed by atoms with Gasteiger partial charge in [0.25, 0.3) is 5.91 Å². The zero-order valence-electron chi connectivity index (χ0n) is 12.1. The molecule has 0 atom stereocenters. The molecule has 0 aromatic heterocycles. The Morgan fingerprint density at radius 1 is 1.29 bits per heavy atom. The predicted molar refractivity (Wildman–Crippen MR) is 75.7 cm³/mol. The van der Waals surface area contributed by atoms with Crippen molar-refractivity contribution in [2.45, 2.75) is 33.1 Å². The van der Waals surface area contributed by atoms with Crippen molar-refractivity contribution >= 4 is 11.9 Å². The van der Waals surface area contributed by atoms with E-state index in [-0.39, 0.29) is 23.1 Å². The summed E-state index contributed by atoms with van der Waals surface area (Å²) in [5.74, 6) is -2.42. The van der Waals surface area contributed by atoms with Gasteiger partial charge in [0.2, 0.25) is 0 Å². The number of carbonyl (C=O) groups excluding carboxylic acids is 1. The maximum atomic E-state index is 13.5. The lowest BCUT2D eigenvalue weighted by Gasteiger charge is -2.23. The number of aromatic hydroxyl groups is 1. The molecule has 0 aliphatic heterocycles. The van der Waals surface area contributed by atoms with E-state index in [1.165, 1.54) is 12.1 Å². The summed E-state index contributed by atoms with van der Waals surface area (Å²) in [7, 11) is 0. The second-order valence-electron chi connectivity index (χ2n) is 5.73. The zero-order valence-corrected chi connectivity index (χ0v) is 12.1. The summed E-state index contributed by atoms with van der Waals surface area (Å²) in [5.41, 5.74) is -0.352. The number of benzene rings is 1. The Hall–Kier alpha value is -2.11. The number of nitrogens with one attached hydrogen (secondary N) is 1. The molecular formula is C15H20FNO4. The number of phenols is 1. The average molecular weight is 297 g/mol. The highest BCUT2D eigenvalue weighted by molar-refractivity contribution is 5.94. The van der Waals surface area contributed by atoms with Crippen molar-refractivity contribution in [2.24, 2.45) is 5.41 Å². The number of carbonyl (C=O) groups is 2. The number of phenolic OH excluding ortho intramolecular Hbond substituents is 1. The molecule has 0 spiro atoms. The fraction of sp³-hybridized carbons (Fsp3) is 0.467. The normalized spacial score (nSPS) is 11.2. The Balaban J connectivity index is 2.48. The third kappa shape index (κ3) is 5.81. The summed E-state index contributed by atoms with van der Waals surface area (Å²) >= 11 is 0. The molecule has 0 aliphatic carbocycles. The highest BCUT2D eigenvalue weighted by Gasteiger charge is 2.20. The molecule has 0 fully saturated rings. The molecule has 6 heteroatoms. The molecular weight excluding hydrogens is 277 g/mol. The first-order chi connectivity index (χ1) is 9.71. The number of aliphatic carboxylic acids is 1. The Bertz CT molecular complexity index is 528. The molecule has 0 saturated carbocycles. The minimum absolute atomic E-state index is 0.0769. The van der Waals surface area contributed by atoms with Crippen molar-refractivity contribution in [1.29, 1.82) is 0 Å². The first-order valence-corrected chi connectivity index (χ1v) is 6.70. The van der Waals surface area contributed by atoms with Gasteiger partial charge in [-0.25, -0.2) is 4.39 Å². The second-order valence-corrected chi connectivity index (χ2v) is 5.73. The van der Waals surface area contributed by atoms with Gasteiger partial charge in [0.15, 0.2) is 0 Å². The van der Waals surface area contributed by atoms with E-state index in [0.29, 0.717) is 19.4 Å². The van der Waals surface area contributed by atoms with Gasteiger partial charge < -0.3 is 15.5 Å². The van der Waals surface area contributed by atoms with Gasteiger partial charge in [-0.15, -0.1) is 0 Å². The van der Waals surface area contributed by atoms with E-state index in [4.69, 9.17) is 10.2 Å². The molecule has 0 heterocycles. The maximum Gasteiger partial charge on any atom is 0.303 e. The molecule has 3 N–H and O–H groups in total. The third-order valence-corrected chi connectivity index (χ3v) is 3.30. The lowest BCUT2D eigenvalue weighted by atomic mass is 9.84. The van der Waals surface area contributed by atoms with Crippen LogP contribution in [0, 0.1) is 11.2 Å². The van der Waals surface area contributed by atoms with E-state index in [2.05, 4.69) is 5.32 Å². The fourth-order valence-electron chi connectivity index (χ4n) is 1.87. The molecule has 0 saturated heterocycles. The Morgan fingerprint density at radius 2 is 1.95 bits per heavy atom. The number of halogens is 1. The molecule has 116 valence electrons. The molecule has 0 radical (unpaired) electrons. The van der Waals surface area contributed by atoms with Crippen LogP contribution in [0.5, 0.6) is 5.75 Å². The van der Waals surface area contributed by atoms with Crippen molar-refractivity contribution in [1.82, 2.24) is 5.32 Å². The molecule has 1 aromatic carbocycles. The molecule has 1 amide bonds. The van der Waals surface area contributed by atoms with Crippen LogP contribution in [0.2, 0.25) is 0 Å². The number of rotatable bonds is 7. The van der Waals surface area contributed by atoms with Crippen molar-refractivity contribution in [2.75, 3.05) is 6.54 Å². The summed E-state index contributed by atoms with van der Waals surface area (Å²) in [4.78, 5) is 22.3. The van der Waals surface area contributed by atoms with Crippen molar-refractivity contribution in [3.05, 3.63) is 29.6 Å². The van der Waals surface area contributed by atoms with Gasteiger partial charge in [-0.2, -0.15) is 0 Å². The Morgan fingerprint density at radius 3 is 2.52 bits per heavy atom. The van der Waals surface area contributed by atoms with Crippen LogP contribution in [0.25, 0.3) is 0 Å². The highest BCUT2D eigenvalue weighted by Crippen LogP contribution is 2.26. The van der Waals surface area contributed by atoms with Crippen molar-refractivity contribution in [3.63, 3.8) is 0 Å². The summed E-state index contributed by atoms with van der Waals surface area (Å²) in [5, 5.41) is 20.3. The van der Waals surface area contributed by atoms with Crippen LogP contribution in [-0.2, 0) is 4.79 Å². The summed E-state index contributed by atoms with van der Waals surface area (Å²) in [6, 6.07) is 3.34. The Kier molecular flexibility index (Phi) is 5.69. The van der Waals surface area contributed by atoms with Crippen molar-refractivity contribution in [3.8, 4) is 5.75 Å². The smallest absolute Gasteiger partial charge is 0.303 e. The summed E-state index contributed by atoms with van der Waals surface area (Å²) < 4.78 is 13.5. The number of carboxylic acid groups (broad SMARTS) is 1. The lowest BCUT2D eigenvalue weighted by Crippen LogP contribution is -2.29. The van der Waals surface area contributed by atoms with Crippen LogP contribution in [0.15, 0.2) is 18.2 Å². The molecule has 5 nitrogen and oxygen atoms in total. The monoisotopic (exact) mass is 297 g/mol. The largest absolute Gasteiger partial charge is 0.508 e. The fourth-order valence-corrected chi connectivity index (χ4v) is 1.87.